The summed E-state index contributed by atoms with van der Waals surface area (Å²) in [5.74, 6) is 1.08. The molecule has 2 rings (SSSR count). The second-order valence-electron chi connectivity index (χ2n) is 5.19. The number of likely N-dealkylation sites (tertiary alicyclic amines) is 1. The zero-order valence-corrected chi connectivity index (χ0v) is 11.6. The summed E-state index contributed by atoms with van der Waals surface area (Å²) in [6, 6.07) is -0.0467. The zero-order valence-electron chi connectivity index (χ0n) is 11.6. The number of hydrogen-bond donors (Lipinski definition) is 2. The van der Waals surface area contributed by atoms with Crippen molar-refractivity contribution in [2.45, 2.75) is 45.8 Å². The van der Waals surface area contributed by atoms with E-state index in [1.165, 1.54) is 0 Å². The summed E-state index contributed by atoms with van der Waals surface area (Å²) in [6.07, 6.45) is 1.15. The van der Waals surface area contributed by atoms with Crippen LogP contribution in [-0.4, -0.2) is 50.0 Å². The van der Waals surface area contributed by atoms with Gasteiger partial charge >= 0.3 is 6.03 Å². The van der Waals surface area contributed by atoms with E-state index in [0.717, 1.165) is 18.7 Å². The molecule has 7 heteroatoms. The average molecular weight is 267 g/mol. The van der Waals surface area contributed by atoms with Crippen molar-refractivity contribution < 1.29 is 9.90 Å². The van der Waals surface area contributed by atoms with Gasteiger partial charge in [0.2, 0.25) is 5.95 Å². The van der Waals surface area contributed by atoms with Crippen LogP contribution in [0.1, 0.15) is 38.6 Å². The number of carbonyl (C=O) groups is 1. The van der Waals surface area contributed by atoms with Crippen molar-refractivity contribution in [3.8, 4) is 0 Å². The van der Waals surface area contributed by atoms with Crippen LogP contribution in [0.15, 0.2) is 0 Å². The van der Waals surface area contributed by atoms with Gasteiger partial charge in [-0.15, -0.1) is 5.10 Å². The van der Waals surface area contributed by atoms with Crippen LogP contribution in [0.5, 0.6) is 0 Å². The lowest BCUT2D eigenvalue weighted by Gasteiger charge is -2.29. The van der Waals surface area contributed by atoms with Gasteiger partial charge in [0.15, 0.2) is 0 Å². The summed E-state index contributed by atoms with van der Waals surface area (Å²) in [5, 5.41) is 16.5. The number of β-amino-alcohol motifs (C(OH)–C–C–N with tert-alkyl or cyclic N) is 1. The highest BCUT2D eigenvalue weighted by molar-refractivity contribution is 5.87. The SMILES string of the molecule is Cc1nc(NC(=O)N2CCC[C@H](O)C2)nn1C(C)C. The molecule has 2 heterocycles. The van der Waals surface area contributed by atoms with Gasteiger partial charge < -0.3 is 10.0 Å². The van der Waals surface area contributed by atoms with E-state index in [9.17, 15) is 9.90 Å². The smallest absolute Gasteiger partial charge is 0.324 e. The molecule has 1 aliphatic heterocycles. The first-order chi connectivity index (χ1) is 8.97. The topological polar surface area (TPSA) is 83.3 Å². The van der Waals surface area contributed by atoms with E-state index in [4.69, 9.17) is 0 Å². The largest absolute Gasteiger partial charge is 0.391 e. The Morgan fingerprint density at radius 3 is 2.84 bits per heavy atom. The predicted molar refractivity (Wildman–Crippen MR) is 71.0 cm³/mol. The van der Waals surface area contributed by atoms with E-state index in [0.29, 0.717) is 19.0 Å². The number of anilines is 1. The number of piperidine rings is 1. The number of nitrogens with one attached hydrogen (secondary N) is 1. The lowest BCUT2D eigenvalue weighted by atomic mass is 10.1. The highest BCUT2D eigenvalue weighted by Gasteiger charge is 2.23. The molecular weight excluding hydrogens is 246 g/mol. The molecule has 0 bridgehead atoms. The molecule has 1 aromatic rings. The zero-order chi connectivity index (χ0) is 14.0. The Bertz CT molecular complexity index is 457. The minimum atomic E-state index is -0.428. The van der Waals surface area contributed by atoms with E-state index >= 15 is 0 Å². The summed E-state index contributed by atoms with van der Waals surface area (Å²) in [6.45, 7) is 6.90. The van der Waals surface area contributed by atoms with Crippen LogP contribution in [0, 0.1) is 6.92 Å². The van der Waals surface area contributed by atoms with Crippen LogP contribution in [0.4, 0.5) is 10.7 Å². The van der Waals surface area contributed by atoms with Crippen molar-refractivity contribution in [1.82, 2.24) is 19.7 Å². The maximum atomic E-state index is 12.0. The molecule has 1 saturated heterocycles. The molecule has 0 radical (unpaired) electrons. The standard InChI is InChI=1S/C12H21N5O2/c1-8(2)17-9(3)13-11(15-17)14-12(19)16-6-4-5-10(18)7-16/h8,10,18H,4-7H2,1-3H3,(H,14,15,19)/t10-/m0/s1. The Morgan fingerprint density at radius 1 is 1.53 bits per heavy atom. The average Bonchev–Trinajstić information content (AvgIpc) is 2.70. The van der Waals surface area contributed by atoms with Crippen molar-refractivity contribution in [3.05, 3.63) is 5.82 Å². The van der Waals surface area contributed by atoms with E-state index in [2.05, 4.69) is 15.4 Å². The van der Waals surface area contributed by atoms with Crippen LogP contribution in [0.2, 0.25) is 0 Å². The fourth-order valence-corrected chi connectivity index (χ4v) is 2.26. The number of rotatable bonds is 2. The number of aliphatic hydroxyl groups excluding tert-OH is 1. The molecule has 2 N–H and O–H groups in total. The van der Waals surface area contributed by atoms with Crippen molar-refractivity contribution >= 4 is 12.0 Å². The summed E-state index contributed by atoms with van der Waals surface area (Å²) in [4.78, 5) is 17.8. The molecule has 1 aromatic heterocycles. The molecule has 0 aromatic carbocycles. The molecule has 1 atom stereocenters. The molecule has 1 fully saturated rings. The first-order valence-corrected chi connectivity index (χ1v) is 6.64. The molecule has 1 aliphatic rings. The maximum absolute atomic E-state index is 12.0. The Kier molecular flexibility index (Phi) is 4.04. The van der Waals surface area contributed by atoms with Crippen molar-refractivity contribution in [3.63, 3.8) is 0 Å². The quantitative estimate of drug-likeness (QED) is 0.842. The monoisotopic (exact) mass is 267 g/mol. The van der Waals surface area contributed by atoms with Gasteiger partial charge in [-0.05, 0) is 33.6 Å². The van der Waals surface area contributed by atoms with Gasteiger partial charge in [-0.3, -0.25) is 5.32 Å². The fourth-order valence-electron chi connectivity index (χ4n) is 2.26. The third kappa shape index (κ3) is 3.23. The van der Waals surface area contributed by atoms with Gasteiger partial charge in [0.05, 0.1) is 6.10 Å². The van der Waals surface area contributed by atoms with Gasteiger partial charge in [0.1, 0.15) is 5.82 Å². The van der Waals surface area contributed by atoms with Crippen LogP contribution in [0.25, 0.3) is 0 Å². The molecule has 106 valence electrons. The molecular formula is C12H21N5O2. The third-order valence-corrected chi connectivity index (χ3v) is 3.19. The van der Waals surface area contributed by atoms with Gasteiger partial charge in [0.25, 0.3) is 0 Å². The lowest BCUT2D eigenvalue weighted by molar-refractivity contribution is 0.0883. The van der Waals surface area contributed by atoms with Crippen molar-refractivity contribution in [2.75, 3.05) is 18.4 Å². The maximum Gasteiger partial charge on any atom is 0.324 e. The van der Waals surface area contributed by atoms with E-state index in [-0.39, 0.29) is 12.1 Å². The third-order valence-electron chi connectivity index (χ3n) is 3.19. The van der Waals surface area contributed by atoms with Crippen LogP contribution < -0.4 is 5.32 Å². The highest BCUT2D eigenvalue weighted by Crippen LogP contribution is 2.13. The number of urea groups is 1. The Labute approximate surface area is 112 Å². The molecule has 0 unspecified atom stereocenters. The van der Waals surface area contributed by atoms with Gasteiger partial charge in [0, 0.05) is 19.1 Å². The number of nitrogens with zero attached hydrogens (tertiary/aromatic N) is 4. The number of hydrogen-bond acceptors (Lipinski definition) is 4. The molecule has 7 nitrogen and oxygen atoms in total. The number of aliphatic hydroxyl groups is 1. The Hall–Kier alpha value is -1.63. The van der Waals surface area contributed by atoms with E-state index < -0.39 is 6.10 Å². The number of aromatic nitrogens is 3. The van der Waals surface area contributed by atoms with E-state index in [1.54, 1.807) is 9.58 Å². The van der Waals surface area contributed by atoms with Crippen LogP contribution >= 0.6 is 0 Å². The Balaban J connectivity index is 2.00. The second-order valence-corrected chi connectivity index (χ2v) is 5.19. The lowest BCUT2D eigenvalue weighted by Crippen LogP contribution is -2.44. The van der Waals surface area contributed by atoms with Crippen LogP contribution in [-0.2, 0) is 0 Å². The number of carbonyl (C=O) groups excluding carboxylic acids is 1. The summed E-state index contributed by atoms with van der Waals surface area (Å²) >= 11 is 0. The predicted octanol–water partition coefficient (Wildman–Crippen LogP) is 1.16. The summed E-state index contributed by atoms with van der Waals surface area (Å²) in [7, 11) is 0. The molecule has 0 aliphatic carbocycles. The number of amides is 2. The minimum Gasteiger partial charge on any atom is -0.391 e. The number of aryl methyl sites for hydroxylation is 1. The molecule has 0 spiro atoms. The van der Waals surface area contributed by atoms with Crippen molar-refractivity contribution in [2.24, 2.45) is 0 Å². The first-order valence-electron chi connectivity index (χ1n) is 6.64. The van der Waals surface area contributed by atoms with Gasteiger partial charge in [-0.1, -0.05) is 0 Å². The molecule has 2 amide bonds. The van der Waals surface area contributed by atoms with Gasteiger partial charge in [-0.2, -0.15) is 4.98 Å². The molecule has 0 saturated carbocycles. The normalized spacial score (nSPS) is 19.8. The van der Waals surface area contributed by atoms with Gasteiger partial charge in [-0.25, -0.2) is 9.48 Å². The second kappa shape index (κ2) is 5.56. The van der Waals surface area contributed by atoms with Crippen LogP contribution in [0.3, 0.4) is 0 Å². The summed E-state index contributed by atoms with van der Waals surface area (Å²) in [5.41, 5.74) is 0. The Morgan fingerprint density at radius 2 is 2.26 bits per heavy atom. The highest BCUT2D eigenvalue weighted by atomic mass is 16.3. The van der Waals surface area contributed by atoms with Crippen molar-refractivity contribution in [1.29, 1.82) is 0 Å². The first kappa shape index (κ1) is 13.8. The summed E-state index contributed by atoms with van der Waals surface area (Å²) < 4.78 is 1.76. The molecule has 19 heavy (non-hydrogen) atoms. The minimum absolute atomic E-state index is 0.204. The van der Waals surface area contributed by atoms with E-state index in [1.807, 2.05) is 20.8 Å². The fraction of sp³-hybridized carbons (Fsp3) is 0.750.